The van der Waals surface area contributed by atoms with Crippen LogP contribution in [0.3, 0.4) is 0 Å². The van der Waals surface area contributed by atoms with Gasteiger partial charge in [0.25, 0.3) is 5.56 Å². The molecule has 1 aliphatic rings. The van der Waals surface area contributed by atoms with Gasteiger partial charge in [0.1, 0.15) is 11.6 Å². The van der Waals surface area contributed by atoms with E-state index in [4.69, 9.17) is 4.98 Å². The summed E-state index contributed by atoms with van der Waals surface area (Å²) in [6.07, 6.45) is 3.35. The van der Waals surface area contributed by atoms with E-state index in [0.717, 1.165) is 25.9 Å². The van der Waals surface area contributed by atoms with Gasteiger partial charge in [0, 0.05) is 26.0 Å². The number of rotatable bonds is 5. The second-order valence-electron chi connectivity index (χ2n) is 8.67. The van der Waals surface area contributed by atoms with Crippen LogP contribution in [0.4, 0.5) is 20.4 Å². The maximum absolute atomic E-state index is 13.8. The van der Waals surface area contributed by atoms with Crippen LogP contribution in [-0.4, -0.2) is 39.5 Å². The molecule has 1 fully saturated rings. The number of aromatic nitrogens is 4. The fraction of sp³-hybridized carbons (Fsp3) is 0.269. The minimum atomic E-state index is -0.369. The van der Waals surface area contributed by atoms with E-state index in [1.165, 1.54) is 24.3 Å². The van der Waals surface area contributed by atoms with E-state index >= 15 is 0 Å². The van der Waals surface area contributed by atoms with E-state index in [9.17, 15) is 13.6 Å². The molecule has 1 saturated heterocycles. The van der Waals surface area contributed by atoms with Gasteiger partial charge in [0.2, 0.25) is 5.95 Å². The lowest BCUT2D eigenvalue weighted by Crippen LogP contribution is -2.33. The Hall–Kier alpha value is -3.85. The average Bonchev–Trinajstić information content (AvgIpc) is 3.15. The highest BCUT2D eigenvalue weighted by Gasteiger charge is 2.28. The molecule has 0 saturated carbocycles. The third-order valence-corrected chi connectivity index (χ3v) is 6.47. The van der Waals surface area contributed by atoms with Crippen molar-refractivity contribution in [2.75, 3.05) is 25.0 Å². The summed E-state index contributed by atoms with van der Waals surface area (Å²) in [5.41, 5.74) is 2.73. The number of benzene rings is 2. The maximum atomic E-state index is 13.8. The predicted molar refractivity (Wildman–Crippen MR) is 132 cm³/mol. The largest absolute Gasteiger partial charge is 0.317 e. The Balaban J connectivity index is 1.70. The lowest BCUT2D eigenvalue weighted by molar-refractivity contribution is 0.313. The third-order valence-electron chi connectivity index (χ3n) is 6.47. The number of piperidine rings is 1. The zero-order chi connectivity index (χ0) is 24.5. The molecule has 0 bridgehead atoms. The van der Waals surface area contributed by atoms with Crippen molar-refractivity contribution in [3.63, 3.8) is 0 Å². The molecule has 0 atom stereocenters. The summed E-state index contributed by atoms with van der Waals surface area (Å²) in [5.74, 6) is -0.357. The molecule has 0 radical (unpaired) electrons. The highest BCUT2D eigenvalue weighted by Crippen LogP contribution is 2.34. The van der Waals surface area contributed by atoms with E-state index in [1.807, 2.05) is 4.68 Å². The minimum Gasteiger partial charge on any atom is -0.317 e. The molecule has 0 aliphatic carbocycles. The summed E-state index contributed by atoms with van der Waals surface area (Å²) in [5, 5.41) is 3.36. The van der Waals surface area contributed by atoms with Crippen LogP contribution in [0, 0.1) is 11.6 Å². The molecule has 2 aromatic heterocycles. The molecule has 3 heterocycles. The fourth-order valence-electron chi connectivity index (χ4n) is 4.67. The van der Waals surface area contributed by atoms with Gasteiger partial charge in [-0.05, 0) is 67.9 Å². The number of hydrogen-bond acceptors (Lipinski definition) is 5. The van der Waals surface area contributed by atoms with Crippen LogP contribution in [0.5, 0.6) is 0 Å². The van der Waals surface area contributed by atoms with Crippen molar-refractivity contribution in [3.05, 3.63) is 82.8 Å². The number of hydrogen-bond donors (Lipinski definition) is 1. The molecule has 5 rings (SSSR count). The van der Waals surface area contributed by atoms with Crippen LogP contribution in [0.1, 0.15) is 18.9 Å². The maximum Gasteiger partial charge on any atom is 0.274 e. The zero-order valence-corrected chi connectivity index (χ0v) is 19.6. The summed E-state index contributed by atoms with van der Waals surface area (Å²) in [7, 11) is 3.52. The van der Waals surface area contributed by atoms with Gasteiger partial charge in [-0.3, -0.25) is 14.2 Å². The van der Waals surface area contributed by atoms with Crippen molar-refractivity contribution in [2.45, 2.75) is 18.9 Å². The Kier molecular flexibility index (Phi) is 6.17. The van der Waals surface area contributed by atoms with Crippen LogP contribution in [0.15, 0.2) is 65.6 Å². The normalized spacial score (nSPS) is 14.3. The van der Waals surface area contributed by atoms with E-state index in [0.29, 0.717) is 34.2 Å². The Morgan fingerprint density at radius 2 is 1.77 bits per heavy atom. The van der Waals surface area contributed by atoms with Crippen molar-refractivity contribution >= 4 is 11.6 Å². The summed E-state index contributed by atoms with van der Waals surface area (Å²) in [6.45, 7) is 1.69. The SMILES string of the molecule is CN(c1cccc(F)c1)c1nccc(-c2c(-c3ccc(F)cc3)c(=O)n(C)n2C2CCNCC2)n1. The molecular weight excluding hydrogens is 450 g/mol. The van der Waals surface area contributed by atoms with Gasteiger partial charge in [0.15, 0.2) is 0 Å². The predicted octanol–water partition coefficient (Wildman–Crippen LogP) is 4.28. The first-order chi connectivity index (χ1) is 16.9. The highest BCUT2D eigenvalue weighted by atomic mass is 19.1. The van der Waals surface area contributed by atoms with Crippen LogP contribution in [0.25, 0.3) is 22.5 Å². The van der Waals surface area contributed by atoms with Gasteiger partial charge >= 0.3 is 0 Å². The smallest absolute Gasteiger partial charge is 0.274 e. The summed E-state index contributed by atoms with van der Waals surface area (Å²) < 4.78 is 31.1. The van der Waals surface area contributed by atoms with E-state index in [1.54, 1.807) is 60.2 Å². The standard InChI is InChI=1S/C26H26F2N6O/c1-32(21-5-3-4-19(28)16-21)26-30-15-12-22(31-26)24-23(17-6-8-18(27)9-7-17)25(35)33(2)34(24)20-10-13-29-14-11-20/h3-9,12,15-16,20,29H,10-11,13-14H2,1-2H3. The van der Waals surface area contributed by atoms with Gasteiger partial charge in [-0.25, -0.2) is 18.7 Å². The number of halogens is 2. The topological polar surface area (TPSA) is 68.0 Å². The third kappa shape index (κ3) is 4.35. The molecule has 2 aromatic carbocycles. The summed E-state index contributed by atoms with van der Waals surface area (Å²) in [6, 6.07) is 14.0. The van der Waals surface area contributed by atoms with Crippen molar-refractivity contribution in [1.29, 1.82) is 0 Å². The van der Waals surface area contributed by atoms with Gasteiger partial charge in [-0.15, -0.1) is 0 Å². The van der Waals surface area contributed by atoms with Crippen molar-refractivity contribution in [1.82, 2.24) is 24.6 Å². The molecule has 4 aromatic rings. The minimum absolute atomic E-state index is 0.0949. The Morgan fingerprint density at radius 3 is 2.49 bits per heavy atom. The Labute approximate surface area is 201 Å². The van der Waals surface area contributed by atoms with Gasteiger partial charge in [-0.1, -0.05) is 18.2 Å². The van der Waals surface area contributed by atoms with Crippen molar-refractivity contribution in [3.8, 4) is 22.5 Å². The molecule has 9 heteroatoms. The van der Waals surface area contributed by atoms with Gasteiger partial charge in [-0.2, -0.15) is 0 Å². The van der Waals surface area contributed by atoms with Gasteiger partial charge < -0.3 is 10.2 Å². The first-order valence-electron chi connectivity index (χ1n) is 11.5. The Bertz CT molecular complexity index is 1410. The zero-order valence-electron chi connectivity index (χ0n) is 19.6. The Morgan fingerprint density at radius 1 is 1.03 bits per heavy atom. The van der Waals surface area contributed by atoms with Crippen LogP contribution in [-0.2, 0) is 7.05 Å². The molecular formula is C26H26F2N6O. The molecule has 1 N–H and O–H groups in total. The molecule has 35 heavy (non-hydrogen) atoms. The van der Waals surface area contributed by atoms with Crippen LogP contribution >= 0.6 is 0 Å². The second-order valence-corrected chi connectivity index (χ2v) is 8.67. The molecule has 1 aliphatic heterocycles. The van der Waals surface area contributed by atoms with Crippen molar-refractivity contribution in [2.24, 2.45) is 7.05 Å². The van der Waals surface area contributed by atoms with E-state index < -0.39 is 0 Å². The number of nitrogens with one attached hydrogen (secondary N) is 1. The van der Waals surface area contributed by atoms with E-state index in [-0.39, 0.29) is 23.2 Å². The lowest BCUT2D eigenvalue weighted by atomic mass is 10.0. The summed E-state index contributed by atoms with van der Waals surface area (Å²) >= 11 is 0. The molecule has 180 valence electrons. The monoisotopic (exact) mass is 476 g/mol. The van der Waals surface area contributed by atoms with Crippen LogP contribution in [0.2, 0.25) is 0 Å². The molecule has 0 unspecified atom stereocenters. The first-order valence-corrected chi connectivity index (χ1v) is 11.5. The molecule has 0 amide bonds. The number of nitrogens with zero attached hydrogens (tertiary/aromatic N) is 5. The first kappa shape index (κ1) is 22.9. The molecule has 0 spiro atoms. The lowest BCUT2D eigenvalue weighted by Gasteiger charge is -2.27. The van der Waals surface area contributed by atoms with Gasteiger partial charge in [0.05, 0.1) is 23.0 Å². The fourth-order valence-corrected chi connectivity index (χ4v) is 4.67. The number of anilines is 2. The summed E-state index contributed by atoms with van der Waals surface area (Å²) in [4.78, 5) is 24.4. The van der Waals surface area contributed by atoms with E-state index in [2.05, 4.69) is 10.3 Å². The highest BCUT2D eigenvalue weighted by molar-refractivity contribution is 5.80. The molecule has 7 nitrogen and oxygen atoms in total. The average molecular weight is 477 g/mol. The van der Waals surface area contributed by atoms with Crippen LogP contribution < -0.4 is 15.8 Å². The quantitative estimate of drug-likeness (QED) is 0.466. The second kappa shape index (κ2) is 9.42. The van der Waals surface area contributed by atoms with Crippen molar-refractivity contribution < 1.29 is 8.78 Å².